The number of rotatable bonds is 6. The van der Waals surface area contributed by atoms with Crippen LogP contribution in [0.25, 0.3) is 0 Å². The third-order valence-electron chi connectivity index (χ3n) is 7.43. The van der Waals surface area contributed by atoms with Gasteiger partial charge in [-0.25, -0.2) is 4.68 Å². The van der Waals surface area contributed by atoms with Crippen molar-refractivity contribution >= 4 is 35.4 Å². The fourth-order valence-electron chi connectivity index (χ4n) is 5.12. The number of aromatic nitrogens is 6. The minimum Gasteiger partial charge on any atom is -0.349 e. The molecule has 4 amide bonds. The van der Waals surface area contributed by atoms with E-state index >= 15 is 0 Å². The minimum atomic E-state index is -0.921. The van der Waals surface area contributed by atoms with Crippen LogP contribution in [-0.2, 0) is 39.2 Å². The van der Waals surface area contributed by atoms with Crippen molar-refractivity contribution in [3.63, 3.8) is 0 Å². The average Bonchev–Trinajstić information content (AvgIpc) is 3.72. The Balaban J connectivity index is 1.41. The summed E-state index contributed by atoms with van der Waals surface area (Å²) in [5.74, 6) is -1.75. The van der Waals surface area contributed by atoms with E-state index in [1.54, 1.807) is 28.8 Å². The van der Waals surface area contributed by atoms with Crippen LogP contribution >= 0.6 is 11.8 Å². The Bertz CT molecular complexity index is 1440. The van der Waals surface area contributed by atoms with Gasteiger partial charge in [-0.15, -0.1) is 15.3 Å². The largest absolute Gasteiger partial charge is 0.349 e. The van der Waals surface area contributed by atoms with Gasteiger partial charge >= 0.3 is 0 Å². The molecule has 1 fully saturated rings. The molecule has 0 radical (unpaired) electrons. The second kappa shape index (κ2) is 12.7. The van der Waals surface area contributed by atoms with E-state index in [2.05, 4.69) is 36.5 Å². The summed E-state index contributed by atoms with van der Waals surface area (Å²) in [6, 6.07) is 6.43. The number of fused-ring (bicyclic) bond motifs is 5. The van der Waals surface area contributed by atoms with Crippen molar-refractivity contribution in [1.29, 1.82) is 0 Å². The van der Waals surface area contributed by atoms with E-state index in [0.717, 1.165) is 5.56 Å². The molecule has 4 heterocycles. The average molecular weight is 595 g/mol. The van der Waals surface area contributed by atoms with E-state index in [0.29, 0.717) is 17.3 Å². The van der Waals surface area contributed by atoms with Crippen LogP contribution in [0.2, 0.25) is 0 Å². The summed E-state index contributed by atoms with van der Waals surface area (Å²) >= 11 is 1.23. The van der Waals surface area contributed by atoms with Gasteiger partial charge in [0.05, 0.1) is 24.5 Å². The number of nitrogens with one attached hydrogen (secondary N) is 3. The van der Waals surface area contributed by atoms with Gasteiger partial charge < -0.3 is 25.4 Å². The first-order valence-corrected chi connectivity index (χ1v) is 14.8. The highest BCUT2D eigenvalue weighted by Crippen LogP contribution is 2.29. The summed E-state index contributed by atoms with van der Waals surface area (Å²) in [4.78, 5) is 55.5. The Kier molecular flexibility index (Phi) is 8.85. The predicted molar refractivity (Wildman–Crippen MR) is 152 cm³/mol. The van der Waals surface area contributed by atoms with Crippen LogP contribution in [0.5, 0.6) is 0 Å². The molecule has 0 saturated carbocycles. The monoisotopic (exact) mass is 594 g/mol. The molecule has 4 atom stereocenters. The summed E-state index contributed by atoms with van der Waals surface area (Å²) in [6.07, 6.45) is 3.82. The van der Waals surface area contributed by atoms with Gasteiger partial charge in [-0.3, -0.25) is 19.2 Å². The summed E-state index contributed by atoms with van der Waals surface area (Å²) in [5, 5.41) is 25.4. The molecule has 5 rings (SSSR count). The lowest BCUT2D eigenvalue weighted by Gasteiger charge is -2.28. The molecule has 2 aromatic heterocycles. The third-order valence-corrected chi connectivity index (χ3v) is 8.45. The Morgan fingerprint density at radius 3 is 2.57 bits per heavy atom. The van der Waals surface area contributed by atoms with Gasteiger partial charge in [0, 0.05) is 26.4 Å². The van der Waals surface area contributed by atoms with Crippen LogP contribution in [0.3, 0.4) is 0 Å². The van der Waals surface area contributed by atoms with E-state index in [4.69, 9.17) is 0 Å². The number of benzene rings is 1. The number of carbonyl (C=O) groups is 4. The van der Waals surface area contributed by atoms with Crippen molar-refractivity contribution in [3.05, 3.63) is 54.1 Å². The van der Waals surface area contributed by atoms with Crippen LogP contribution in [-0.4, -0.2) is 88.7 Å². The molecule has 42 heavy (non-hydrogen) atoms. The summed E-state index contributed by atoms with van der Waals surface area (Å²) in [6.45, 7) is 3.99. The van der Waals surface area contributed by atoms with Crippen molar-refractivity contribution in [2.24, 2.45) is 13.0 Å². The topological polar surface area (TPSA) is 169 Å². The Labute approximate surface area is 247 Å². The molecule has 0 spiro atoms. The number of aryl methyl sites for hydroxylation is 1. The van der Waals surface area contributed by atoms with Crippen molar-refractivity contribution < 1.29 is 19.2 Å². The van der Waals surface area contributed by atoms with Gasteiger partial charge in [0.2, 0.25) is 23.6 Å². The van der Waals surface area contributed by atoms with Crippen molar-refractivity contribution in [2.75, 3.05) is 12.3 Å². The summed E-state index contributed by atoms with van der Waals surface area (Å²) in [7, 11) is 1.79. The van der Waals surface area contributed by atoms with Crippen molar-refractivity contribution in [1.82, 2.24) is 50.6 Å². The molecule has 1 aromatic carbocycles. The Morgan fingerprint density at radius 1 is 1.07 bits per heavy atom. The molecule has 0 unspecified atom stereocenters. The molecule has 15 heteroatoms. The molecule has 2 aliphatic heterocycles. The summed E-state index contributed by atoms with van der Waals surface area (Å²) in [5.41, 5.74) is 1.39. The maximum atomic E-state index is 13.7. The van der Waals surface area contributed by atoms with Gasteiger partial charge in [0.25, 0.3) is 0 Å². The van der Waals surface area contributed by atoms with E-state index in [1.165, 1.54) is 16.7 Å². The SMILES string of the molecule is CC(C)[C@@H]1NC(=O)[C@@H]2C[C@@H](CN2C(=O)CSc2nncn2C)n2cc(nn2)CNC(=O)[C@@H](Cc2ccccc2)NC1=O. The highest BCUT2D eigenvalue weighted by Gasteiger charge is 2.42. The lowest BCUT2D eigenvalue weighted by atomic mass is 10.00. The van der Waals surface area contributed by atoms with Gasteiger partial charge in [-0.1, -0.05) is 61.2 Å². The number of amides is 4. The van der Waals surface area contributed by atoms with Crippen molar-refractivity contribution in [3.8, 4) is 0 Å². The molecular formula is C27H34N10O4S. The first kappa shape index (κ1) is 29.2. The Hall–Kier alpha value is -4.27. The van der Waals surface area contributed by atoms with E-state index < -0.39 is 29.9 Å². The highest BCUT2D eigenvalue weighted by molar-refractivity contribution is 7.99. The van der Waals surface area contributed by atoms with E-state index in [9.17, 15) is 19.2 Å². The maximum Gasteiger partial charge on any atom is 0.243 e. The van der Waals surface area contributed by atoms with E-state index in [1.807, 2.05) is 44.2 Å². The van der Waals surface area contributed by atoms with Gasteiger partial charge in [-0.05, 0) is 11.5 Å². The quantitative estimate of drug-likeness (QED) is 0.328. The molecular weight excluding hydrogens is 560 g/mol. The van der Waals surface area contributed by atoms with Gasteiger partial charge in [0.15, 0.2) is 5.16 Å². The summed E-state index contributed by atoms with van der Waals surface area (Å²) < 4.78 is 3.35. The number of hydrogen-bond acceptors (Lipinski definition) is 9. The second-order valence-corrected chi connectivity index (χ2v) is 11.8. The molecule has 0 aliphatic carbocycles. The molecule has 3 aromatic rings. The first-order valence-electron chi connectivity index (χ1n) is 13.8. The molecule has 2 aliphatic rings. The first-order chi connectivity index (χ1) is 20.2. The zero-order valence-electron chi connectivity index (χ0n) is 23.6. The maximum absolute atomic E-state index is 13.7. The van der Waals surface area contributed by atoms with Crippen molar-refractivity contribution in [2.45, 2.75) is 62.6 Å². The highest BCUT2D eigenvalue weighted by atomic mass is 32.2. The lowest BCUT2D eigenvalue weighted by molar-refractivity contribution is -0.138. The fraction of sp³-hybridized carbons (Fsp3) is 0.481. The number of nitrogens with zero attached hydrogens (tertiary/aromatic N) is 7. The molecule has 4 bridgehead atoms. The third kappa shape index (κ3) is 6.61. The number of carbonyl (C=O) groups excluding carboxylic acids is 4. The van der Waals surface area contributed by atoms with E-state index in [-0.39, 0.29) is 49.0 Å². The second-order valence-electron chi connectivity index (χ2n) is 10.9. The zero-order valence-corrected chi connectivity index (χ0v) is 24.5. The van der Waals surface area contributed by atoms with Crippen LogP contribution < -0.4 is 16.0 Å². The predicted octanol–water partition coefficient (Wildman–Crippen LogP) is -0.161. The van der Waals surface area contributed by atoms with Crippen LogP contribution in [0, 0.1) is 5.92 Å². The molecule has 222 valence electrons. The van der Waals surface area contributed by atoms with Crippen LogP contribution in [0.15, 0.2) is 48.0 Å². The normalized spacial score (nSPS) is 23.1. The van der Waals surface area contributed by atoms with Gasteiger partial charge in [-0.2, -0.15) is 0 Å². The lowest BCUT2D eigenvalue weighted by Crippen LogP contribution is -2.58. The zero-order chi connectivity index (χ0) is 29.8. The molecule has 3 N–H and O–H groups in total. The smallest absolute Gasteiger partial charge is 0.243 e. The molecule has 14 nitrogen and oxygen atoms in total. The fourth-order valence-corrected chi connectivity index (χ4v) is 5.89. The van der Waals surface area contributed by atoms with Gasteiger partial charge in [0.1, 0.15) is 30.1 Å². The standard InChI is InChI=1S/C27H34N10O4S/c1-16(2)23-26(41)30-20(9-17-7-5-4-6-8-17)24(39)28-11-18-12-37(34-32-18)19-10-21(25(40)31-23)36(13-19)22(38)14-42-27-33-29-15-35(27)3/h4-8,12,15-16,19-21,23H,9-11,13-14H2,1-3H3,(H,28,39)(H,30,41)(H,31,40)/t19-,20+,21-,23-/m0/s1. The van der Waals surface area contributed by atoms with Crippen LogP contribution in [0.1, 0.15) is 37.6 Å². The number of thioether (sulfide) groups is 1. The minimum absolute atomic E-state index is 0.0624. The molecule has 1 saturated heterocycles. The number of likely N-dealkylation sites (tertiary alicyclic amines) is 1. The number of hydrogen-bond donors (Lipinski definition) is 3. The Morgan fingerprint density at radius 2 is 1.86 bits per heavy atom. The van der Waals surface area contributed by atoms with Crippen LogP contribution in [0.4, 0.5) is 0 Å².